The topological polar surface area (TPSA) is 0 Å². The van der Waals surface area contributed by atoms with E-state index in [-0.39, 0.29) is 5.82 Å². The normalized spacial score (nSPS) is 13.3. The monoisotopic (exact) mass is 180 g/mol. The Morgan fingerprint density at radius 3 is 2.08 bits per heavy atom. The van der Waals surface area contributed by atoms with Crippen molar-refractivity contribution >= 4 is 0 Å². The first-order valence-corrected chi connectivity index (χ1v) is 4.90. The van der Waals surface area contributed by atoms with Gasteiger partial charge >= 0.3 is 0 Å². The highest BCUT2D eigenvalue weighted by molar-refractivity contribution is 5.20. The van der Waals surface area contributed by atoms with Crippen LogP contribution in [0.1, 0.15) is 38.7 Å². The first-order chi connectivity index (χ1) is 6.15. The zero-order chi connectivity index (χ0) is 9.84. The van der Waals surface area contributed by atoms with Gasteiger partial charge in [0.2, 0.25) is 0 Å². The second-order valence-electron chi connectivity index (χ2n) is 3.81. The summed E-state index contributed by atoms with van der Waals surface area (Å²) in [4.78, 5) is 0. The van der Waals surface area contributed by atoms with Crippen LogP contribution < -0.4 is 0 Å². The van der Waals surface area contributed by atoms with Crippen molar-refractivity contribution in [1.82, 2.24) is 0 Å². The minimum absolute atomic E-state index is 0.151. The summed E-state index contributed by atoms with van der Waals surface area (Å²) in [5, 5.41) is 0. The second-order valence-corrected chi connectivity index (χ2v) is 3.81. The van der Waals surface area contributed by atoms with E-state index in [4.69, 9.17) is 0 Å². The fourth-order valence-electron chi connectivity index (χ4n) is 1.80. The summed E-state index contributed by atoms with van der Waals surface area (Å²) in [5.74, 6) is 1.03. The van der Waals surface area contributed by atoms with Crippen LogP contribution in [-0.4, -0.2) is 0 Å². The molecule has 0 aromatic heterocycles. The summed E-state index contributed by atoms with van der Waals surface area (Å²) < 4.78 is 12.7. The molecule has 0 saturated carbocycles. The molecule has 0 heterocycles. The molecule has 1 aromatic rings. The molecule has 0 saturated heterocycles. The summed E-state index contributed by atoms with van der Waals surface area (Å²) in [6, 6.07) is 6.87. The average Bonchev–Trinajstić information content (AvgIpc) is 2.09. The third-order valence-electron chi connectivity index (χ3n) is 2.54. The quantitative estimate of drug-likeness (QED) is 0.660. The van der Waals surface area contributed by atoms with Gasteiger partial charge in [-0.1, -0.05) is 32.9 Å². The molecule has 0 spiro atoms. The third kappa shape index (κ3) is 2.55. The van der Waals surface area contributed by atoms with E-state index in [1.165, 1.54) is 5.56 Å². The van der Waals surface area contributed by atoms with E-state index >= 15 is 0 Å². The number of benzene rings is 1. The molecule has 1 aromatic carbocycles. The molecule has 1 atom stereocenters. The van der Waals surface area contributed by atoms with Crippen LogP contribution in [0.15, 0.2) is 24.3 Å². The Hall–Kier alpha value is -0.850. The molecule has 1 heteroatoms. The Kier molecular flexibility index (Phi) is 3.47. The van der Waals surface area contributed by atoms with E-state index in [2.05, 4.69) is 20.8 Å². The molecule has 0 fully saturated rings. The van der Waals surface area contributed by atoms with Crippen molar-refractivity contribution in [3.63, 3.8) is 0 Å². The Bertz CT molecular complexity index is 248. The van der Waals surface area contributed by atoms with Gasteiger partial charge in [-0.05, 0) is 36.0 Å². The Labute approximate surface area is 79.8 Å². The van der Waals surface area contributed by atoms with Gasteiger partial charge in [0.15, 0.2) is 0 Å². The predicted molar refractivity (Wildman–Crippen MR) is 54.3 cm³/mol. The van der Waals surface area contributed by atoms with E-state index in [1.54, 1.807) is 12.1 Å². The first-order valence-electron chi connectivity index (χ1n) is 4.90. The van der Waals surface area contributed by atoms with Crippen LogP contribution in [0.4, 0.5) is 4.39 Å². The molecule has 72 valence electrons. The maximum Gasteiger partial charge on any atom is 0.123 e. The second kappa shape index (κ2) is 4.40. The number of hydrogen-bond donors (Lipinski definition) is 0. The molecule has 0 amide bonds. The Morgan fingerprint density at radius 2 is 1.69 bits per heavy atom. The summed E-state index contributed by atoms with van der Waals surface area (Å²) in [5.41, 5.74) is 1.25. The lowest BCUT2D eigenvalue weighted by atomic mass is 9.86. The molecule has 0 radical (unpaired) electrons. The van der Waals surface area contributed by atoms with E-state index < -0.39 is 0 Å². The lowest BCUT2D eigenvalue weighted by molar-refractivity contribution is 0.484. The van der Waals surface area contributed by atoms with Crippen LogP contribution in [-0.2, 0) is 0 Å². The van der Waals surface area contributed by atoms with Crippen molar-refractivity contribution in [2.45, 2.75) is 33.1 Å². The zero-order valence-electron chi connectivity index (χ0n) is 8.55. The van der Waals surface area contributed by atoms with Crippen LogP contribution in [0.3, 0.4) is 0 Å². The minimum Gasteiger partial charge on any atom is -0.207 e. The molecule has 0 aliphatic heterocycles. The van der Waals surface area contributed by atoms with Crippen molar-refractivity contribution in [3.05, 3.63) is 35.6 Å². The van der Waals surface area contributed by atoms with Crippen LogP contribution in [0.25, 0.3) is 0 Å². The van der Waals surface area contributed by atoms with Crippen LogP contribution >= 0.6 is 0 Å². The van der Waals surface area contributed by atoms with Gasteiger partial charge < -0.3 is 0 Å². The Balaban J connectivity index is 2.86. The van der Waals surface area contributed by atoms with Gasteiger partial charge in [0.25, 0.3) is 0 Å². The molecule has 0 aliphatic carbocycles. The van der Waals surface area contributed by atoms with Crippen LogP contribution in [0.2, 0.25) is 0 Å². The molecule has 0 aliphatic rings. The first kappa shape index (κ1) is 10.2. The predicted octanol–water partition coefficient (Wildman–Crippen LogP) is 3.98. The standard InChI is InChI=1S/C12H17F/c1-4-12(9(2)3)10-5-7-11(13)8-6-10/h5-9,12H,4H2,1-3H3/t12-/m1/s1. The smallest absolute Gasteiger partial charge is 0.123 e. The van der Waals surface area contributed by atoms with Crippen molar-refractivity contribution in [1.29, 1.82) is 0 Å². The van der Waals surface area contributed by atoms with Gasteiger partial charge in [-0.25, -0.2) is 4.39 Å². The number of halogens is 1. The van der Waals surface area contributed by atoms with E-state index in [0.717, 1.165) is 6.42 Å². The highest BCUT2D eigenvalue weighted by Gasteiger charge is 2.12. The van der Waals surface area contributed by atoms with Crippen LogP contribution in [0.5, 0.6) is 0 Å². The highest BCUT2D eigenvalue weighted by Crippen LogP contribution is 2.27. The van der Waals surface area contributed by atoms with Crippen molar-refractivity contribution < 1.29 is 4.39 Å². The molecular weight excluding hydrogens is 163 g/mol. The zero-order valence-corrected chi connectivity index (χ0v) is 8.55. The molecule has 0 unspecified atom stereocenters. The number of rotatable bonds is 3. The van der Waals surface area contributed by atoms with Crippen molar-refractivity contribution in [2.24, 2.45) is 5.92 Å². The van der Waals surface area contributed by atoms with Gasteiger partial charge in [0.05, 0.1) is 0 Å². The maximum atomic E-state index is 12.7. The largest absolute Gasteiger partial charge is 0.207 e. The van der Waals surface area contributed by atoms with Gasteiger partial charge in [-0.3, -0.25) is 0 Å². The lowest BCUT2D eigenvalue weighted by Crippen LogP contribution is -2.05. The van der Waals surface area contributed by atoms with Gasteiger partial charge in [-0.2, -0.15) is 0 Å². The molecule has 0 N–H and O–H groups in total. The average molecular weight is 180 g/mol. The lowest BCUT2D eigenvalue weighted by Gasteiger charge is -2.19. The summed E-state index contributed by atoms with van der Waals surface area (Å²) in [7, 11) is 0. The summed E-state index contributed by atoms with van der Waals surface area (Å²) >= 11 is 0. The Morgan fingerprint density at radius 1 is 1.15 bits per heavy atom. The maximum absolute atomic E-state index is 12.7. The number of hydrogen-bond acceptors (Lipinski definition) is 0. The molecular formula is C12H17F. The van der Waals surface area contributed by atoms with Crippen molar-refractivity contribution in [3.8, 4) is 0 Å². The van der Waals surface area contributed by atoms with Crippen LogP contribution in [0, 0.1) is 11.7 Å². The van der Waals surface area contributed by atoms with Gasteiger partial charge in [0, 0.05) is 0 Å². The van der Waals surface area contributed by atoms with Gasteiger partial charge in [-0.15, -0.1) is 0 Å². The van der Waals surface area contributed by atoms with E-state index in [0.29, 0.717) is 11.8 Å². The fraction of sp³-hybridized carbons (Fsp3) is 0.500. The minimum atomic E-state index is -0.151. The fourth-order valence-corrected chi connectivity index (χ4v) is 1.80. The van der Waals surface area contributed by atoms with E-state index in [9.17, 15) is 4.39 Å². The summed E-state index contributed by atoms with van der Waals surface area (Å²) in [6.07, 6.45) is 1.11. The third-order valence-corrected chi connectivity index (χ3v) is 2.54. The van der Waals surface area contributed by atoms with E-state index in [1.807, 2.05) is 12.1 Å². The molecule has 0 bridgehead atoms. The molecule has 1 rings (SSSR count). The highest BCUT2D eigenvalue weighted by atomic mass is 19.1. The van der Waals surface area contributed by atoms with Crippen molar-refractivity contribution in [2.75, 3.05) is 0 Å². The molecule has 13 heavy (non-hydrogen) atoms. The molecule has 0 nitrogen and oxygen atoms in total. The SMILES string of the molecule is CC[C@@H](c1ccc(F)cc1)C(C)C. The van der Waals surface area contributed by atoms with Gasteiger partial charge in [0.1, 0.15) is 5.82 Å². The summed E-state index contributed by atoms with van der Waals surface area (Å²) in [6.45, 7) is 6.59.